The second-order valence-corrected chi connectivity index (χ2v) is 5.79. The number of hydrogen-bond donors (Lipinski definition) is 2. The molecule has 6 nitrogen and oxygen atoms in total. The lowest BCUT2D eigenvalue weighted by molar-refractivity contribution is -0.119. The summed E-state index contributed by atoms with van der Waals surface area (Å²) in [6.45, 7) is 0.891. The van der Waals surface area contributed by atoms with Gasteiger partial charge in [-0.05, 0) is 35.4 Å². The van der Waals surface area contributed by atoms with Gasteiger partial charge in [0.1, 0.15) is 11.6 Å². The van der Waals surface area contributed by atoms with Crippen LogP contribution in [-0.4, -0.2) is 37.5 Å². The number of amides is 1. The van der Waals surface area contributed by atoms with Crippen molar-refractivity contribution in [2.24, 2.45) is 10.7 Å². The SMILES string of the molecule is CN=C(NCc1cccc(OCC(N)=O)c1)N(C)Cc1cccc(F)c1. The first-order valence-corrected chi connectivity index (χ1v) is 8.14. The highest BCUT2D eigenvalue weighted by Crippen LogP contribution is 2.13. The van der Waals surface area contributed by atoms with Crippen LogP contribution in [0.2, 0.25) is 0 Å². The van der Waals surface area contributed by atoms with E-state index in [4.69, 9.17) is 10.5 Å². The number of ether oxygens (including phenoxy) is 1. The number of carbonyl (C=O) groups is 1. The molecule has 0 atom stereocenters. The number of nitrogens with zero attached hydrogens (tertiary/aromatic N) is 2. The van der Waals surface area contributed by atoms with Crippen molar-refractivity contribution >= 4 is 11.9 Å². The highest BCUT2D eigenvalue weighted by Gasteiger charge is 2.08. The fourth-order valence-corrected chi connectivity index (χ4v) is 2.45. The smallest absolute Gasteiger partial charge is 0.255 e. The van der Waals surface area contributed by atoms with E-state index >= 15 is 0 Å². The topological polar surface area (TPSA) is 80.0 Å². The maximum atomic E-state index is 13.3. The summed E-state index contributed by atoms with van der Waals surface area (Å²) in [6.07, 6.45) is 0. The van der Waals surface area contributed by atoms with E-state index in [-0.39, 0.29) is 12.4 Å². The lowest BCUT2D eigenvalue weighted by Crippen LogP contribution is -2.38. The molecule has 0 saturated carbocycles. The number of halogens is 1. The van der Waals surface area contributed by atoms with Gasteiger partial charge in [-0.25, -0.2) is 4.39 Å². The summed E-state index contributed by atoms with van der Waals surface area (Å²) in [5.74, 6) is 0.475. The van der Waals surface area contributed by atoms with Crippen molar-refractivity contribution in [3.8, 4) is 5.75 Å². The van der Waals surface area contributed by atoms with Crippen LogP contribution in [0.3, 0.4) is 0 Å². The minimum atomic E-state index is -0.520. The van der Waals surface area contributed by atoms with Crippen LogP contribution < -0.4 is 15.8 Å². The monoisotopic (exact) mass is 358 g/mol. The third kappa shape index (κ3) is 6.08. The van der Waals surface area contributed by atoms with E-state index in [1.54, 1.807) is 19.2 Å². The van der Waals surface area contributed by atoms with Crippen molar-refractivity contribution in [3.05, 3.63) is 65.5 Å². The third-order valence-electron chi connectivity index (χ3n) is 3.61. The lowest BCUT2D eigenvalue weighted by Gasteiger charge is -2.22. The minimum absolute atomic E-state index is 0.158. The average molecular weight is 358 g/mol. The molecule has 7 heteroatoms. The van der Waals surface area contributed by atoms with Crippen LogP contribution in [0.15, 0.2) is 53.5 Å². The molecule has 0 heterocycles. The molecule has 0 aliphatic carbocycles. The number of guanidine groups is 1. The molecule has 0 radical (unpaired) electrons. The predicted octanol–water partition coefficient (Wildman–Crippen LogP) is 1.90. The maximum Gasteiger partial charge on any atom is 0.255 e. The van der Waals surface area contributed by atoms with Crippen molar-refractivity contribution in [1.82, 2.24) is 10.2 Å². The van der Waals surface area contributed by atoms with Gasteiger partial charge in [-0.1, -0.05) is 24.3 Å². The Balaban J connectivity index is 1.93. The van der Waals surface area contributed by atoms with Crippen LogP contribution in [-0.2, 0) is 17.9 Å². The van der Waals surface area contributed by atoms with Gasteiger partial charge in [-0.15, -0.1) is 0 Å². The van der Waals surface area contributed by atoms with Crippen LogP contribution in [0.25, 0.3) is 0 Å². The van der Waals surface area contributed by atoms with E-state index in [1.165, 1.54) is 12.1 Å². The normalized spacial score (nSPS) is 11.1. The number of primary amides is 1. The molecule has 0 spiro atoms. The van der Waals surface area contributed by atoms with Crippen molar-refractivity contribution in [1.29, 1.82) is 0 Å². The van der Waals surface area contributed by atoms with Gasteiger partial charge in [0.2, 0.25) is 0 Å². The summed E-state index contributed by atoms with van der Waals surface area (Å²) >= 11 is 0. The molecular formula is C19H23FN4O2. The van der Waals surface area contributed by atoms with Gasteiger partial charge in [0.25, 0.3) is 5.91 Å². The Hall–Kier alpha value is -3.09. The fraction of sp³-hybridized carbons (Fsp3) is 0.263. The maximum absolute atomic E-state index is 13.3. The number of rotatable bonds is 7. The number of hydrogen-bond acceptors (Lipinski definition) is 3. The standard InChI is InChI=1S/C19H23FN4O2/c1-22-19(24(2)12-15-6-3-7-16(20)9-15)23-11-14-5-4-8-17(10-14)26-13-18(21)25/h3-10H,11-13H2,1-2H3,(H2,21,25)(H,22,23). The lowest BCUT2D eigenvalue weighted by atomic mass is 10.2. The number of nitrogens with two attached hydrogens (primary N) is 1. The van der Waals surface area contributed by atoms with E-state index in [9.17, 15) is 9.18 Å². The molecule has 0 fully saturated rings. The van der Waals surface area contributed by atoms with E-state index in [2.05, 4.69) is 10.3 Å². The molecule has 1 amide bonds. The van der Waals surface area contributed by atoms with Crippen LogP contribution in [0, 0.1) is 5.82 Å². The molecule has 0 saturated heterocycles. The number of aliphatic imine (C=N–C) groups is 1. The highest BCUT2D eigenvalue weighted by atomic mass is 19.1. The van der Waals surface area contributed by atoms with Gasteiger partial charge in [0.15, 0.2) is 12.6 Å². The zero-order valence-corrected chi connectivity index (χ0v) is 14.9. The molecule has 0 aliphatic rings. The Morgan fingerprint density at radius 1 is 1.23 bits per heavy atom. The van der Waals surface area contributed by atoms with E-state index in [0.717, 1.165) is 11.1 Å². The highest BCUT2D eigenvalue weighted by molar-refractivity contribution is 5.79. The molecule has 0 aliphatic heterocycles. The number of nitrogens with one attached hydrogen (secondary N) is 1. The predicted molar refractivity (Wildman–Crippen MR) is 99.2 cm³/mol. The molecule has 2 aromatic carbocycles. The first kappa shape index (κ1) is 19.2. The summed E-state index contributed by atoms with van der Waals surface area (Å²) in [6, 6.07) is 13.8. The molecule has 0 unspecified atom stereocenters. The third-order valence-corrected chi connectivity index (χ3v) is 3.61. The van der Waals surface area contributed by atoms with Crippen molar-refractivity contribution in [3.63, 3.8) is 0 Å². The van der Waals surface area contributed by atoms with Crippen molar-refractivity contribution in [2.75, 3.05) is 20.7 Å². The first-order valence-electron chi connectivity index (χ1n) is 8.14. The Bertz CT molecular complexity index is 780. The molecule has 0 bridgehead atoms. The van der Waals surface area contributed by atoms with Crippen LogP contribution in [0.1, 0.15) is 11.1 Å². The van der Waals surface area contributed by atoms with Crippen molar-refractivity contribution < 1.29 is 13.9 Å². The van der Waals surface area contributed by atoms with Crippen LogP contribution >= 0.6 is 0 Å². The summed E-state index contributed by atoms with van der Waals surface area (Å²) < 4.78 is 18.6. The first-order chi connectivity index (χ1) is 12.5. The van der Waals surface area contributed by atoms with E-state index in [1.807, 2.05) is 36.2 Å². The molecule has 138 valence electrons. The van der Waals surface area contributed by atoms with Crippen LogP contribution in [0.4, 0.5) is 4.39 Å². The largest absolute Gasteiger partial charge is 0.484 e. The second kappa shape index (κ2) is 9.41. The van der Waals surface area contributed by atoms with Gasteiger partial charge in [0, 0.05) is 27.2 Å². The summed E-state index contributed by atoms with van der Waals surface area (Å²) in [4.78, 5) is 17.0. The Morgan fingerprint density at radius 3 is 2.65 bits per heavy atom. The van der Waals surface area contributed by atoms with Crippen LogP contribution in [0.5, 0.6) is 5.75 Å². The van der Waals surface area contributed by atoms with Crippen molar-refractivity contribution in [2.45, 2.75) is 13.1 Å². The summed E-state index contributed by atoms with van der Waals surface area (Å²) in [5, 5.41) is 3.25. The molecule has 3 N–H and O–H groups in total. The quantitative estimate of drug-likeness (QED) is 0.585. The summed E-state index contributed by atoms with van der Waals surface area (Å²) in [5.41, 5.74) is 6.90. The van der Waals surface area contributed by atoms with Gasteiger partial charge < -0.3 is 20.7 Å². The number of benzene rings is 2. The molecular weight excluding hydrogens is 335 g/mol. The molecule has 2 aromatic rings. The zero-order valence-electron chi connectivity index (χ0n) is 14.9. The van der Waals surface area contributed by atoms with Gasteiger partial charge >= 0.3 is 0 Å². The van der Waals surface area contributed by atoms with E-state index < -0.39 is 5.91 Å². The fourth-order valence-electron chi connectivity index (χ4n) is 2.45. The Labute approximate surface area is 152 Å². The second-order valence-electron chi connectivity index (χ2n) is 5.79. The van der Waals surface area contributed by atoms with E-state index in [0.29, 0.717) is 24.8 Å². The Kier molecular flexibility index (Phi) is 6.96. The molecule has 26 heavy (non-hydrogen) atoms. The van der Waals surface area contributed by atoms with Gasteiger partial charge in [-0.2, -0.15) is 0 Å². The zero-order chi connectivity index (χ0) is 18.9. The van der Waals surface area contributed by atoms with Gasteiger partial charge in [0.05, 0.1) is 0 Å². The Morgan fingerprint density at radius 2 is 1.96 bits per heavy atom. The number of carbonyl (C=O) groups excluding carboxylic acids is 1. The average Bonchev–Trinajstić information content (AvgIpc) is 2.61. The minimum Gasteiger partial charge on any atom is -0.484 e. The summed E-state index contributed by atoms with van der Waals surface area (Å²) in [7, 11) is 3.57. The van der Waals surface area contributed by atoms with Gasteiger partial charge in [-0.3, -0.25) is 9.79 Å². The molecule has 2 rings (SSSR count). The molecule has 0 aromatic heterocycles.